The lowest BCUT2D eigenvalue weighted by Gasteiger charge is -2.30. The fraction of sp³-hybridized carbons (Fsp3) is 0.542. The first-order chi connectivity index (χ1) is 12.9. The molecular formula is C24H33NO3. The van der Waals surface area contributed by atoms with Gasteiger partial charge in [0.15, 0.2) is 0 Å². The zero-order chi connectivity index (χ0) is 20.9. The number of aryl methyl sites for hydroxylation is 1. The molecule has 0 bridgehead atoms. The quantitative estimate of drug-likeness (QED) is 0.589. The number of hydrogen-bond donors (Lipinski definition) is 1. The molecule has 0 fully saturated rings. The second-order valence-corrected chi connectivity index (χ2v) is 9.94. The molecule has 0 saturated heterocycles. The van der Waals surface area contributed by atoms with Crippen LogP contribution in [0.2, 0.25) is 0 Å². The molecule has 2 aromatic rings. The molecule has 4 nitrogen and oxygen atoms in total. The summed E-state index contributed by atoms with van der Waals surface area (Å²) in [5.41, 5.74) is 4.80. The van der Waals surface area contributed by atoms with Crippen molar-refractivity contribution in [2.45, 2.75) is 77.7 Å². The summed E-state index contributed by atoms with van der Waals surface area (Å²) >= 11 is 0. The Balaban J connectivity index is 2.30. The molecule has 3 rings (SSSR count). The Morgan fingerprint density at radius 1 is 1.04 bits per heavy atom. The second kappa shape index (κ2) is 7.07. The predicted molar refractivity (Wildman–Crippen MR) is 113 cm³/mol. The standard InChI is InChI=1S/C24H33NO3/c1-23(2,3)17-13-16(14-18(22(17)28-7)24(4,5)6)19-12-11-15-9-8-10-20(26)21(15)25(19)27/h11-14,20,26H,8-10H2,1-7H3/t20-/m0/s1. The Kier molecular flexibility index (Phi) is 5.22. The molecule has 0 spiro atoms. The third kappa shape index (κ3) is 3.62. The van der Waals surface area contributed by atoms with E-state index in [4.69, 9.17) is 4.74 Å². The molecule has 1 aromatic heterocycles. The molecule has 1 atom stereocenters. The summed E-state index contributed by atoms with van der Waals surface area (Å²) in [6.45, 7) is 12.9. The smallest absolute Gasteiger partial charge is 0.225 e. The summed E-state index contributed by atoms with van der Waals surface area (Å²) < 4.78 is 6.78. The van der Waals surface area contributed by atoms with Gasteiger partial charge in [-0.2, -0.15) is 4.73 Å². The van der Waals surface area contributed by atoms with Crippen molar-refractivity contribution in [3.05, 3.63) is 51.9 Å². The highest BCUT2D eigenvalue weighted by molar-refractivity contribution is 5.65. The number of pyridine rings is 1. The lowest BCUT2D eigenvalue weighted by molar-refractivity contribution is -0.608. The molecule has 0 radical (unpaired) electrons. The second-order valence-electron chi connectivity index (χ2n) is 9.94. The molecule has 0 amide bonds. The van der Waals surface area contributed by atoms with Gasteiger partial charge in [0.25, 0.3) is 0 Å². The van der Waals surface area contributed by atoms with Crippen LogP contribution in [0.25, 0.3) is 11.3 Å². The number of aliphatic hydroxyl groups excluding tert-OH is 1. The molecule has 1 aliphatic carbocycles. The van der Waals surface area contributed by atoms with E-state index in [2.05, 4.69) is 53.7 Å². The van der Waals surface area contributed by atoms with Gasteiger partial charge in [-0.3, -0.25) is 0 Å². The maximum Gasteiger partial charge on any atom is 0.225 e. The van der Waals surface area contributed by atoms with Crippen LogP contribution in [0.4, 0.5) is 0 Å². The number of ether oxygens (including phenoxy) is 1. The number of aromatic nitrogens is 1. The minimum Gasteiger partial charge on any atom is -0.618 e. The fourth-order valence-electron chi connectivity index (χ4n) is 4.10. The normalized spacial score (nSPS) is 17.4. The van der Waals surface area contributed by atoms with Gasteiger partial charge in [0.2, 0.25) is 11.4 Å². The van der Waals surface area contributed by atoms with Crippen LogP contribution in [0.5, 0.6) is 5.75 Å². The number of benzene rings is 1. The van der Waals surface area contributed by atoms with Gasteiger partial charge in [-0.25, -0.2) is 0 Å². The van der Waals surface area contributed by atoms with Crippen molar-refractivity contribution in [2.24, 2.45) is 0 Å². The van der Waals surface area contributed by atoms with Crippen LogP contribution in [-0.2, 0) is 17.3 Å². The number of methoxy groups -OCH3 is 1. The van der Waals surface area contributed by atoms with E-state index in [-0.39, 0.29) is 10.8 Å². The average molecular weight is 384 g/mol. The van der Waals surface area contributed by atoms with Crippen LogP contribution in [-0.4, -0.2) is 12.2 Å². The van der Waals surface area contributed by atoms with Gasteiger partial charge in [-0.15, -0.1) is 0 Å². The van der Waals surface area contributed by atoms with Crippen LogP contribution in [0.1, 0.15) is 82.9 Å². The van der Waals surface area contributed by atoms with E-state index < -0.39 is 6.10 Å². The molecule has 1 aliphatic rings. The SMILES string of the molecule is COc1c(C(C)(C)C)cc(-c2ccc3c([n+]2[O-])[C@@H](O)CCC3)cc1C(C)(C)C. The number of aliphatic hydroxyl groups is 1. The Hall–Kier alpha value is -2.07. The summed E-state index contributed by atoms with van der Waals surface area (Å²) in [6.07, 6.45) is 1.71. The van der Waals surface area contributed by atoms with Gasteiger partial charge in [0.05, 0.1) is 7.11 Å². The summed E-state index contributed by atoms with van der Waals surface area (Å²) in [4.78, 5) is 0. The number of nitrogens with zero attached hydrogens (tertiary/aromatic N) is 1. The molecule has 152 valence electrons. The predicted octanol–water partition coefficient (Wildman–Crippen LogP) is 4.96. The van der Waals surface area contributed by atoms with Crippen molar-refractivity contribution in [3.63, 3.8) is 0 Å². The highest BCUT2D eigenvalue weighted by Crippen LogP contribution is 2.42. The molecular weight excluding hydrogens is 350 g/mol. The maximum absolute atomic E-state index is 13.2. The summed E-state index contributed by atoms with van der Waals surface area (Å²) in [6, 6.07) is 8.03. The first-order valence-electron chi connectivity index (χ1n) is 10.1. The van der Waals surface area contributed by atoms with Gasteiger partial charge in [0.1, 0.15) is 11.9 Å². The van der Waals surface area contributed by atoms with Crippen LogP contribution < -0.4 is 9.47 Å². The van der Waals surface area contributed by atoms with Crippen molar-refractivity contribution >= 4 is 0 Å². The van der Waals surface area contributed by atoms with E-state index in [0.29, 0.717) is 17.8 Å². The van der Waals surface area contributed by atoms with Crippen LogP contribution in [0.3, 0.4) is 0 Å². The highest BCUT2D eigenvalue weighted by Gasteiger charge is 2.32. The van der Waals surface area contributed by atoms with Crippen molar-refractivity contribution in [1.29, 1.82) is 0 Å². The van der Waals surface area contributed by atoms with Crippen molar-refractivity contribution in [3.8, 4) is 17.0 Å². The lowest BCUT2D eigenvalue weighted by Crippen LogP contribution is -2.39. The monoisotopic (exact) mass is 383 g/mol. The van der Waals surface area contributed by atoms with Crippen LogP contribution in [0, 0.1) is 5.21 Å². The Morgan fingerprint density at radius 3 is 2.11 bits per heavy atom. The average Bonchev–Trinajstić information content (AvgIpc) is 2.59. The highest BCUT2D eigenvalue weighted by atomic mass is 16.5. The molecule has 1 N–H and O–H groups in total. The Morgan fingerprint density at radius 2 is 1.61 bits per heavy atom. The summed E-state index contributed by atoms with van der Waals surface area (Å²) in [7, 11) is 1.71. The molecule has 28 heavy (non-hydrogen) atoms. The Bertz CT molecular complexity index is 853. The van der Waals surface area contributed by atoms with E-state index in [0.717, 1.165) is 45.6 Å². The number of hydrogen-bond acceptors (Lipinski definition) is 3. The van der Waals surface area contributed by atoms with Gasteiger partial charge in [-0.05, 0) is 48.3 Å². The van der Waals surface area contributed by atoms with Gasteiger partial charge in [-0.1, -0.05) is 41.5 Å². The maximum atomic E-state index is 13.2. The number of fused-ring (bicyclic) bond motifs is 1. The molecule has 1 aromatic carbocycles. The third-order valence-electron chi connectivity index (χ3n) is 5.65. The van der Waals surface area contributed by atoms with Crippen molar-refractivity contribution in [1.82, 2.24) is 0 Å². The zero-order valence-electron chi connectivity index (χ0n) is 18.2. The van der Waals surface area contributed by atoms with E-state index in [1.807, 2.05) is 12.1 Å². The topological polar surface area (TPSA) is 56.4 Å². The van der Waals surface area contributed by atoms with E-state index in [1.54, 1.807) is 7.11 Å². The molecule has 0 aliphatic heterocycles. The van der Waals surface area contributed by atoms with Crippen LogP contribution >= 0.6 is 0 Å². The van der Waals surface area contributed by atoms with E-state index in [9.17, 15) is 10.3 Å². The number of rotatable bonds is 2. The summed E-state index contributed by atoms with van der Waals surface area (Å²) in [5.74, 6) is 0.888. The third-order valence-corrected chi connectivity index (χ3v) is 5.65. The minimum atomic E-state index is -0.691. The van der Waals surface area contributed by atoms with E-state index >= 15 is 0 Å². The van der Waals surface area contributed by atoms with Gasteiger partial charge < -0.3 is 15.1 Å². The molecule has 4 heteroatoms. The fourth-order valence-corrected chi connectivity index (χ4v) is 4.10. The minimum absolute atomic E-state index is 0.136. The summed E-state index contributed by atoms with van der Waals surface area (Å²) in [5, 5.41) is 23.6. The van der Waals surface area contributed by atoms with Gasteiger partial charge in [0, 0.05) is 28.3 Å². The first-order valence-corrected chi connectivity index (χ1v) is 10.1. The largest absolute Gasteiger partial charge is 0.618 e. The molecule has 0 saturated carbocycles. The van der Waals surface area contributed by atoms with Crippen LogP contribution in [0.15, 0.2) is 24.3 Å². The van der Waals surface area contributed by atoms with Gasteiger partial charge >= 0.3 is 0 Å². The molecule has 0 unspecified atom stereocenters. The van der Waals surface area contributed by atoms with E-state index in [1.165, 1.54) is 0 Å². The first kappa shape index (κ1) is 20.7. The Labute approximate surface area is 168 Å². The molecule has 1 heterocycles. The van der Waals surface area contributed by atoms with Crippen molar-refractivity contribution < 1.29 is 14.6 Å². The lowest BCUT2D eigenvalue weighted by atomic mass is 9.78. The zero-order valence-corrected chi connectivity index (χ0v) is 18.2. The van der Waals surface area contributed by atoms with Crippen molar-refractivity contribution in [2.75, 3.05) is 7.11 Å².